The molecule has 1 atom stereocenters. The number of amides is 2. The van der Waals surface area contributed by atoms with Crippen LogP contribution in [0, 0.1) is 0 Å². The Morgan fingerprint density at radius 3 is 2.33 bits per heavy atom. The average Bonchev–Trinajstić information content (AvgIpc) is 2.86. The molecule has 1 N–H and O–H groups in total. The van der Waals surface area contributed by atoms with Gasteiger partial charge in [0.1, 0.15) is 6.04 Å². The van der Waals surface area contributed by atoms with Gasteiger partial charge in [0, 0.05) is 57.1 Å². The number of hydrogen-bond donors (Lipinski definition) is 1. The number of rotatable bonds is 7. The first kappa shape index (κ1) is 23.3. The van der Waals surface area contributed by atoms with E-state index in [2.05, 4.69) is 57.6 Å². The highest BCUT2D eigenvalue weighted by atomic mass is 16.2. The van der Waals surface area contributed by atoms with Crippen molar-refractivity contribution in [1.82, 2.24) is 9.80 Å². The van der Waals surface area contributed by atoms with Crippen LogP contribution in [0.4, 0.5) is 11.4 Å². The number of hydrogen-bond acceptors (Lipinski definition) is 4. The number of benzene rings is 2. The van der Waals surface area contributed by atoms with Crippen molar-refractivity contribution in [3.8, 4) is 0 Å². The second-order valence-corrected chi connectivity index (χ2v) is 9.13. The third-order valence-corrected chi connectivity index (χ3v) is 6.71. The molecule has 2 aromatic carbocycles. The second kappa shape index (κ2) is 11.3. The molecule has 2 heterocycles. The van der Waals surface area contributed by atoms with Crippen LogP contribution >= 0.6 is 0 Å². The van der Waals surface area contributed by atoms with E-state index in [1.165, 1.54) is 11.3 Å². The lowest BCUT2D eigenvalue weighted by molar-refractivity contribution is -0.140. The molecule has 2 fully saturated rings. The van der Waals surface area contributed by atoms with Crippen LogP contribution in [0.15, 0.2) is 54.6 Å². The molecule has 2 aliphatic rings. The number of carbonyl (C=O) groups excluding carboxylic acids is 2. The van der Waals surface area contributed by atoms with Crippen LogP contribution in [0.25, 0.3) is 0 Å². The Labute approximate surface area is 197 Å². The molecule has 33 heavy (non-hydrogen) atoms. The number of carbonyl (C=O) groups is 2. The van der Waals surface area contributed by atoms with Gasteiger partial charge in [-0.2, -0.15) is 0 Å². The average molecular weight is 449 g/mol. The summed E-state index contributed by atoms with van der Waals surface area (Å²) in [6, 6.07) is 18.4. The molecule has 0 aromatic heterocycles. The molecule has 0 spiro atoms. The van der Waals surface area contributed by atoms with Gasteiger partial charge in [0.15, 0.2) is 0 Å². The normalized spacial score (nSPS) is 19.4. The van der Waals surface area contributed by atoms with E-state index in [4.69, 9.17) is 0 Å². The van der Waals surface area contributed by atoms with Crippen LogP contribution in [0.1, 0.15) is 44.6 Å². The minimum atomic E-state index is -0.352. The van der Waals surface area contributed by atoms with E-state index in [0.717, 1.165) is 64.1 Å². The lowest BCUT2D eigenvalue weighted by Gasteiger charge is -2.36. The van der Waals surface area contributed by atoms with Crippen molar-refractivity contribution in [2.75, 3.05) is 42.9 Å². The van der Waals surface area contributed by atoms with Crippen LogP contribution < -0.4 is 10.2 Å². The number of piperazine rings is 1. The zero-order valence-electron chi connectivity index (χ0n) is 19.7. The van der Waals surface area contributed by atoms with Gasteiger partial charge in [0.2, 0.25) is 11.8 Å². The molecule has 0 radical (unpaired) electrons. The summed E-state index contributed by atoms with van der Waals surface area (Å²) in [5.74, 6) is 0.0283. The molecule has 2 aliphatic heterocycles. The lowest BCUT2D eigenvalue weighted by Crippen LogP contribution is -2.49. The minimum absolute atomic E-state index is 0.0681. The first-order valence-electron chi connectivity index (χ1n) is 12.4. The molecule has 176 valence electrons. The number of nitrogens with zero attached hydrogens (tertiary/aromatic N) is 3. The maximum Gasteiger partial charge on any atom is 0.247 e. The summed E-state index contributed by atoms with van der Waals surface area (Å²) in [5, 5.41) is 3.04. The summed E-state index contributed by atoms with van der Waals surface area (Å²) >= 11 is 0. The summed E-state index contributed by atoms with van der Waals surface area (Å²) in [6.07, 6.45) is 4.03. The van der Waals surface area contributed by atoms with Gasteiger partial charge in [-0.05, 0) is 55.5 Å². The van der Waals surface area contributed by atoms with Crippen molar-refractivity contribution in [3.05, 3.63) is 60.2 Å². The number of piperidine rings is 1. The molecule has 6 nitrogen and oxygen atoms in total. The Morgan fingerprint density at radius 1 is 0.909 bits per heavy atom. The second-order valence-electron chi connectivity index (χ2n) is 9.13. The molecule has 0 saturated carbocycles. The zero-order chi connectivity index (χ0) is 23.0. The summed E-state index contributed by atoms with van der Waals surface area (Å²) in [7, 11) is 0. The quantitative estimate of drug-likeness (QED) is 0.692. The maximum absolute atomic E-state index is 12.9. The molecule has 0 aliphatic carbocycles. The number of likely N-dealkylation sites (tertiary alicyclic amines) is 1. The van der Waals surface area contributed by atoms with Gasteiger partial charge in [0.05, 0.1) is 0 Å². The van der Waals surface area contributed by atoms with Crippen LogP contribution in [0.2, 0.25) is 0 Å². The van der Waals surface area contributed by atoms with Crippen LogP contribution in [-0.2, 0) is 16.1 Å². The third-order valence-electron chi connectivity index (χ3n) is 6.71. The smallest absolute Gasteiger partial charge is 0.247 e. The molecule has 2 saturated heterocycles. The highest BCUT2D eigenvalue weighted by molar-refractivity contribution is 5.97. The standard InChI is InChI=1S/C27H36N4O2/c1-2-8-26(32)31-16-7-6-11-25(31)27(33)28-23-12-14-24(15-13-23)30-19-17-29(18-20-30)21-22-9-4-3-5-10-22/h3-5,9-10,12-15,25H,2,6-8,11,16-21H2,1H3,(H,28,33). The van der Waals surface area contributed by atoms with E-state index in [1.54, 1.807) is 4.90 Å². The van der Waals surface area contributed by atoms with Crippen LogP contribution in [0.3, 0.4) is 0 Å². The van der Waals surface area contributed by atoms with Gasteiger partial charge in [-0.1, -0.05) is 37.3 Å². The Kier molecular flexibility index (Phi) is 8.00. The maximum atomic E-state index is 12.9. The molecule has 1 unspecified atom stereocenters. The van der Waals surface area contributed by atoms with Crippen molar-refractivity contribution < 1.29 is 9.59 Å². The molecule has 4 rings (SSSR count). The van der Waals surface area contributed by atoms with Gasteiger partial charge < -0.3 is 15.1 Å². The van der Waals surface area contributed by atoms with Crippen LogP contribution in [0.5, 0.6) is 0 Å². The van der Waals surface area contributed by atoms with Gasteiger partial charge in [-0.15, -0.1) is 0 Å². The van der Waals surface area contributed by atoms with E-state index in [0.29, 0.717) is 13.0 Å². The van der Waals surface area contributed by atoms with E-state index in [9.17, 15) is 9.59 Å². The van der Waals surface area contributed by atoms with Gasteiger partial charge >= 0.3 is 0 Å². The SMILES string of the molecule is CCCC(=O)N1CCCCC1C(=O)Nc1ccc(N2CCN(Cc3ccccc3)CC2)cc1. The fourth-order valence-corrected chi connectivity index (χ4v) is 4.85. The molecule has 6 heteroatoms. The highest BCUT2D eigenvalue weighted by Gasteiger charge is 2.31. The van der Waals surface area contributed by atoms with E-state index in [-0.39, 0.29) is 17.9 Å². The first-order chi connectivity index (χ1) is 16.1. The zero-order valence-corrected chi connectivity index (χ0v) is 19.7. The summed E-state index contributed by atoms with van der Waals surface area (Å²) in [5.41, 5.74) is 3.34. The van der Waals surface area contributed by atoms with Crippen molar-refractivity contribution >= 4 is 23.2 Å². The third kappa shape index (κ3) is 6.14. The minimum Gasteiger partial charge on any atom is -0.369 e. The molecule has 2 amide bonds. The molecular formula is C27H36N4O2. The summed E-state index contributed by atoms with van der Waals surface area (Å²) < 4.78 is 0. The van der Waals surface area contributed by atoms with E-state index in [1.807, 2.05) is 19.1 Å². The van der Waals surface area contributed by atoms with Gasteiger partial charge in [0.25, 0.3) is 0 Å². The van der Waals surface area contributed by atoms with E-state index < -0.39 is 0 Å². The summed E-state index contributed by atoms with van der Waals surface area (Å²) in [6.45, 7) is 7.75. The van der Waals surface area contributed by atoms with E-state index >= 15 is 0 Å². The first-order valence-corrected chi connectivity index (χ1v) is 12.4. The fraction of sp³-hybridized carbons (Fsp3) is 0.481. The number of anilines is 2. The van der Waals surface area contributed by atoms with Crippen molar-refractivity contribution in [1.29, 1.82) is 0 Å². The Hall–Kier alpha value is -2.86. The molecule has 0 bridgehead atoms. The topological polar surface area (TPSA) is 55.9 Å². The Morgan fingerprint density at radius 2 is 1.64 bits per heavy atom. The predicted molar refractivity (Wildman–Crippen MR) is 133 cm³/mol. The Bertz CT molecular complexity index is 907. The van der Waals surface area contributed by atoms with Crippen LogP contribution in [-0.4, -0.2) is 60.4 Å². The van der Waals surface area contributed by atoms with Crippen molar-refractivity contribution in [3.63, 3.8) is 0 Å². The van der Waals surface area contributed by atoms with Gasteiger partial charge in [-0.25, -0.2) is 0 Å². The Balaban J connectivity index is 1.29. The summed E-state index contributed by atoms with van der Waals surface area (Å²) in [4.78, 5) is 32.1. The largest absolute Gasteiger partial charge is 0.369 e. The van der Waals surface area contributed by atoms with Gasteiger partial charge in [-0.3, -0.25) is 14.5 Å². The lowest BCUT2D eigenvalue weighted by atomic mass is 10.0. The fourth-order valence-electron chi connectivity index (χ4n) is 4.85. The van der Waals surface area contributed by atoms with Crippen molar-refractivity contribution in [2.24, 2.45) is 0 Å². The highest BCUT2D eigenvalue weighted by Crippen LogP contribution is 2.23. The molecular weight excluding hydrogens is 412 g/mol. The predicted octanol–water partition coefficient (Wildman–Crippen LogP) is 4.13. The monoisotopic (exact) mass is 448 g/mol. The number of nitrogens with one attached hydrogen (secondary N) is 1. The van der Waals surface area contributed by atoms with Crippen molar-refractivity contribution in [2.45, 2.75) is 51.6 Å². The molecule has 2 aromatic rings.